The molecule has 3 aliphatic carbocycles. The van der Waals surface area contributed by atoms with E-state index in [0.29, 0.717) is 5.92 Å². The van der Waals surface area contributed by atoms with E-state index in [4.69, 9.17) is 0 Å². The maximum Gasteiger partial charge on any atom is 0.0566 e. The summed E-state index contributed by atoms with van der Waals surface area (Å²) in [5.74, 6) is 0.295. The third kappa shape index (κ3) is 4.51. The lowest BCUT2D eigenvalue weighted by Crippen LogP contribution is -2.31. The first-order valence-electron chi connectivity index (χ1n) is 19.1. The summed E-state index contributed by atoms with van der Waals surface area (Å²) < 4.78 is 5.07. The Morgan fingerprint density at radius 1 is 0.566 bits per heavy atom. The number of hydrogen-bond donors (Lipinski definition) is 0. The summed E-state index contributed by atoms with van der Waals surface area (Å²) in [6, 6.07) is 54.1. The molecule has 2 unspecified atom stereocenters. The van der Waals surface area contributed by atoms with Gasteiger partial charge in [-0.15, -0.1) is 0 Å². The molecule has 2 heteroatoms. The fraction of sp³-hybridized carbons (Fsp3) is 0.137. The van der Waals surface area contributed by atoms with Crippen LogP contribution in [0.15, 0.2) is 163 Å². The molecule has 2 nitrogen and oxygen atoms in total. The van der Waals surface area contributed by atoms with Crippen LogP contribution in [0, 0.1) is 0 Å². The van der Waals surface area contributed by atoms with Crippen molar-refractivity contribution in [1.29, 1.82) is 0 Å². The maximum absolute atomic E-state index is 2.61. The summed E-state index contributed by atoms with van der Waals surface area (Å²) in [7, 11) is 0. The van der Waals surface area contributed by atoms with Gasteiger partial charge in [0.2, 0.25) is 0 Å². The quantitative estimate of drug-likeness (QED) is 0.175. The smallest absolute Gasteiger partial charge is 0.0566 e. The largest absolute Gasteiger partial charge is 0.333 e. The molecule has 0 fully saturated rings. The fourth-order valence-corrected chi connectivity index (χ4v) is 9.86. The van der Waals surface area contributed by atoms with Crippen LogP contribution in [0.5, 0.6) is 0 Å². The van der Waals surface area contributed by atoms with E-state index in [1.165, 1.54) is 87.9 Å². The predicted octanol–water partition coefficient (Wildman–Crippen LogP) is 11.4. The Hall–Kier alpha value is -6.12. The lowest BCUT2D eigenvalue weighted by atomic mass is 9.80. The minimum absolute atomic E-state index is 0.0367. The van der Waals surface area contributed by atoms with Crippen LogP contribution in [0.2, 0.25) is 0 Å². The molecule has 254 valence electrons. The molecule has 0 amide bonds. The van der Waals surface area contributed by atoms with E-state index in [9.17, 15) is 0 Å². The van der Waals surface area contributed by atoms with Crippen molar-refractivity contribution in [1.82, 2.24) is 9.13 Å². The highest BCUT2D eigenvalue weighted by Crippen LogP contribution is 2.53. The third-order valence-corrected chi connectivity index (χ3v) is 12.4. The van der Waals surface area contributed by atoms with Gasteiger partial charge < -0.3 is 9.13 Å². The van der Waals surface area contributed by atoms with Gasteiger partial charge in [-0.25, -0.2) is 0 Å². The van der Waals surface area contributed by atoms with E-state index in [2.05, 4.69) is 193 Å². The van der Waals surface area contributed by atoms with Gasteiger partial charge in [0.15, 0.2) is 0 Å². The Morgan fingerprint density at radius 2 is 1.30 bits per heavy atom. The van der Waals surface area contributed by atoms with Gasteiger partial charge in [-0.1, -0.05) is 147 Å². The van der Waals surface area contributed by atoms with E-state index >= 15 is 0 Å². The summed E-state index contributed by atoms with van der Waals surface area (Å²) in [6.45, 7) is 4.76. The highest BCUT2D eigenvalue weighted by Gasteiger charge is 2.39. The Labute approximate surface area is 310 Å². The number of hydrogen-bond acceptors (Lipinski definition) is 0. The van der Waals surface area contributed by atoms with Crippen molar-refractivity contribution >= 4 is 50.4 Å². The molecule has 6 aromatic carbocycles. The SMILES string of the molecule is CC1(C)C2=CCC(n3c4ccccc4c4cc(C5C=c6c(n(-c7cccc(-c8ccccc8)c7)c7ccccc67)=CC5)ccc43)C=C2c2ccccc21. The molecule has 2 atom stereocenters. The standard InChI is InChI=1S/C51H40N2/c1-51(2)45-20-9-6-17-39(45)42-32-38(25-26-46(42)51)53-48-22-11-8-19-41(48)44-31-36(24-28-50(44)53)35-23-27-49-43(30-35)40-18-7-10-21-47(40)52(49)37-16-12-15-34(29-37)33-13-4-3-5-14-33/h3-22,24,26-32,35,38H,23,25H2,1-2H3. The van der Waals surface area contributed by atoms with Crippen molar-refractivity contribution in [2.75, 3.05) is 0 Å². The number of para-hydroxylation sites is 2. The molecule has 0 spiro atoms. The Kier molecular flexibility index (Phi) is 6.58. The monoisotopic (exact) mass is 680 g/mol. The highest BCUT2D eigenvalue weighted by atomic mass is 15.0. The van der Waals surface area contributed by atoms with Gasteiger partial charge in [0.1, 0.15) is 0 Å². The van der Waals surface area contributed by atoms with Gasteiger partial charge in [0.25, 0.3) is 0 Å². The number of nitrogens with zero attached hydrogens (tertiary/aromatic N) is 2. The van der Waals surface area contributed by atoms with Crippen molar-refractivity contribution in [3.63, 3.8) is 0 Å². The van der Waals surface area contributed by atoms with Gasteiger partial charge >= 0.3 is 0 Å². The summed E-state index contributed by atoms with van der Waals surface area (Å²) in [4.78, 5) is 0. The van der Waals surface area contributed by atoms with Gasteiger partial charge in [-0.3, -0.25) is 0 Å². The van der Waals surface area contributed by atoms with E-state index < -0.39 is 0 Å². The summed E-state index contributed by atoms with van der Waals surface area (Å²) in [5.41, 5.74) is 14.7. The number of aromatic nitrogens is 2. The molecule has 0 bridgehead atoms. The second kappa shape index (κ2) is 11.4. The predicted molar refractivity (Wildman–Crippen MR) is 223 cm³/mol. The zero-order chi connectivity index (χ0) is 35.3. The zero-order valence-electron chi connectivity index (χ0n) is 30.1. The summed E-state index contributed by atoms with van der Waals surface area (Å²) in [5, 5.41) is 6.61. The second-order valence-corrected chi connectivity index (χ2v) is 15.6. The average Bonchev–Trinajstić information content (AvgIpc) is 3.81. The molecule has 0 radical (unpaired) electrons. The molecule has 0 N–H and O–H groups in total. The van der Waals surface area contributed by atoms with E-state index in [1.807, 2.05) is 0 Å². The molecular formula is C51H40N2. The molecular weight excluding hydrogens is 641 g/mol. The Balaban J connectivity index is 1.02. The van der Waals surface area contributed by atoms with Gasteiger partial charge in [0.05, 0.1) is 11.6 Å². The van der Waals surface area contributed by atoms with Crippen LogP contribution in [-0.4, -0.2) is 9.13 Å². The number of benzene rings is 6. The van der Waals surface area contributed by atoms with Crippen molar-refractivity contribution in [2.45, 2.75) is 44.1 Å². The van der Waals surface area contributed by atoms with E-state index in [-0.39, 0.29) is 11.5 Å². The van der Waals surface area contributed by atoms with Crippen molar-refractivity contribution < 1.29 is 0 Å². The first kappa shape index (κ1) is 30.5. The third-order valence-electron chi connectivity index (χ3n) is 12.4. The fourth-order valence-electron chi connectivity index (χ4n) is 9.86. The molecule has 0 saturated heterocycles. The Bertz CT molecular complexity index is 2980. The van der Waals surface area contributed by atoms with Crippen molar-refractivity contribution in [3.05, 3.63) is 191 Å². The topological polar surface area (TPSA) is 9.86 Å². The highest BCUT2D eigenvalue weighted by molar-refractivity contribution is 6.08. The zero-order valence-corrected chi connectivity index (χ0v) is 30.1. The van der Waals surface area contributed by atoms with Crippen LogP contribution in [0.1, 0.15) is 55.3 Å². The molecule has 2 aromatic heterocycles. The van der Waals surface area contributed by atoms with Crippen molar-refractivity contribution in [3.8, 4) is 16.8 Å². The molecule has 53 heavy (non-hydrogen) atoms. The van der Waals surface area contributed by atoms with Gasteiger partial charge in [-0.2, -0.15) is 0 Å². The maximum atomic E-state index is 2.61. The number of rotatable bonds is 4. The average molecular weight is 681 g/mol. The lowest BCUT2D eigenvalue weighted by Gasteiger charge is -2.27. The normalized spacial score (nSPS) is 18.5. The molecule has 8 aromatic rings. The van der Waals surface area contributed by atoms with Crippen LogP contribution in [0.25, 0.3) is 67.2 Å². The Morgan fingerprint density at radius 3 is 2.19 bits per heavy atom. The van der Waals surface area contributed by atoms with Crippen LogP contribution in [0.4, 0.5) is 0 Å². The second-order valence-electron chi connectivity index (χ2n) is 15.6. The summed E-state index contributed by atoms with van der Waals surface area (Å²) >= 11 is 0. The first-order chi connectivity index (χ1) is 26.0. The molecule has 0 saturated carbocycles. The van der Waals surface area contributed by atoms with E-state index in [0.717, 1.165) is 12.8 Å². The minimum atomic E-state index is 0.0367. The number of fused-ring (bicyclic) bond motifs is 9. The van der Waals surface area contributed by atoms with Crippen LogP contribution in [0.3, 0.4) is 0 Å². The summed E-state index contributed by atoms with van der Waals surface area (Å²) in [6.07, 6.45) is 12.0. The van der Waals surface area contributed by atoms with Crippen LogP contribution < -0.4 is 10.6 Å². The molecule has 11 rings (SSSR count). The van der Waals surface area contributed by atoms with Crippen LogP contribution in [-0.2, 0) is 5.41 Å². The van der Waals surface area contributed by atoms with Crippen molar-refractivity contribution in [2.24, 2.45) is 0 Å². The molecule has 2 heterocycles. The van der Waals surface area contributed by atoms with Gasteiger partial charge in [-0.05, 0) is 88.2 Å². The van der Waals surface area contributed by atoms with Gasteiger partial charge in [0, 0.05) is 54.8 Å². The first-order valence-corrected chi connectivity index (χ1v) is 19.1. The minimum Gasteiger partial charge on any atom is -0.333 e. The lowest BCUT2D eigenvalue weighted by molar-refractivity contribution is 0.616. The number of allylic oxidation sites excluding steroid dienone is 4. The molecule has 3 aliphatic rings. The van der Waals surface area contributed by atoms with Crippen LogP contribution >= 0.6 is 0 Å². The molecule has 0 aliphatic heterocycles. The van der Waals surface area contributed by atoms with E-state index in [1.54, 1.807) is 0 Å².